The summed E-state index contributed by atoms with van der Waals surface area (Å²) in [5, 5.41) is 6.96. The summed E-state index contributed by atoms with van der Waals surface area (Å²) in [7, 11) is 0. The van der Waals surface area contributed by atoms with Crippen LogP contribution in [0.4, 0.5) is 0 Å². The maximum absolute atomic E-state index is 4.63. The fourth-order valence-corrected chi connectivity index (χ4v) is 1.35. The van der Waals surface area contributed by atoms with Crippen LogP contribution in [0, 0.1) is 0 Å². The van der Waals surface area contributed by atoms with Gasteiger partial charge in [-0.1, -0.05) is 35.5 Å². The van der Waals surface area contributed by atoms with Gasteiger partial charge in [0.2, 0.25) is 6.39 Å². The van der Waals surface area contributed by atoms with Crippen molar-refractivity contribution in [2.24, 2.45) is 0 Å². The van der Waals surface area contributed by atoms with Gasteiger partial charge in [-0.2, -0.15) is 4.98 Å². The molecule has 0 fully saturated rings. The van der Waals surface area contributed by atoms with Crippen molar-refractivity contribution in [1.82, 2.24) is 15.5 Å². The number of hydrogen-bond acceptors (Lipinski definition) is 4. The van der Waals surface area contributed by atoms with E-state index in [1.807, 2.05) is 6.07 Å². The molecule has 0 amide bonds. The quantitative estimate of drug-likeness (QED) is 0.746. The lowest BCUT2D eigenvalue weighted by atomic mass is 10.1. The van der Waals surface area contributed by atoms with E-state index in [1.165, 1.54) is 12.0 Å². The number of rotatable bonds is 5. The Hall–Kier alpha value is -1.68. The number of hydrogen-bond donors (Lipinski definition) is 1. The molecule has 15 heavy (non-hydrogen) atoms. The second-order valence-electron chi connectivity index (χ2n) is 3.26. The predicted octanol–water partition coefficient (Wildman–Crippen LogP) is 1.40. The molecule has 0 aliphatic carbocycles. The van der Waals surface area contributed by atoms with Gasteiger partial charge < -0.3 is 9.84 Å². The zero-order valence-corrected chi connectivity index (χ0v) is 8.39. The number of nitrogens with zero attached hydrogens (tertiary/aromatic N) is 2. The molecule has 1 heterocycles. The van der Waals surface area contributed by atoms with E-state index in [1.54, 1.807) is 0 Å². The van der Waals surface area contributed by atoms with Gasteiger partial charge in [-0.05, 0) is 18.5 Å². The van der Waals surface area contributed by atoms with Crippen LogP contribution in [0.15, 0.2) is 41.2 Å². The molecule has 1 aromatic carbocycles. The molecular formula is C11H13N3O. The lowest BCUT2D eigenvalue weighted by Gasteiger charge is -2.01. The smallest absolute Gasteiger partial charge is 0.213 e. The maximum atomic E-state index is 4.63. The molecule has 4 nitrogen and oxygen atoms in total. The van der Waals surface area contributed by atoms with E-state index in [9.17, 15) is 0 Å². The van der Waals surface area contributed by atoms with Gasteiger partial charge in [0.1, 0.15) is 0 Å². The van der Waals surface area contributed by atoms with Crippen molar-refractivity contribution in [1.29, 1.82) is 0 Å². The molecule has 2 aromatic rings. The molecule has 0 unspecified atom stereocenters. The lowest BCUT2D eigenvalue weighted by Crippen LogP contribution is -2.17. The molecule has 0 aliphatic rings. The monoisotopic (exact) mass is 203 g/mol. The van der Waals surface area contributed by atoms with Gasteiger partial charge in [0, 0.05) is 0 Å². The van der Waals surface area contributed by atoms with Crippen molar-refractivity contribution in [3.63, 3.8) is 0 Å². The normalized spacial score (nSPS) is 10.4. The highest BCUT2D eigenvalue weighted by Crippen LogP contribution is 1.98. The van der Waals surface area contributed by atoms with Crippen LogP contribution in [-0.4, -0.2) is 16.7 Å². The van der Waals surface area contributed by atoms with Crippen molar-refractivity contribution >= 4 is 0 Å². The van der Waals surface area contributed by atoms with Crippen molar-refractivity contribution in [3.05, 3.63) is 48.1 Å². The highest BCUT2D eigenvalue weighted by atomic mass is 16.5. The summed E-state index contributed by atoms with van der Waals surface area (Å²) in [6.07, 6.45) is 2.35. The summed E-state index contributed by atoms with van der Waals surface area (Å²) in [5.74, 6) is 0.697. The molecular weight excluding hydrogens is 190 g/mol. The van der Waals surface area contributed by atoms with Crippen LogP contribution in [0.3, 0.4) is 0 Å². The third-order valence-corrected chi connectivity index (χ3v) is 2.12. The first-order chi connectivity index (χ1) is 7.45. The predicted molar refractivity (Wildman–Crippen MR) is 56.2 cm³/mol. The fraction of sp³-hybridized carbons (Fsp3) is 0.273. The van der Waals surface area contributed by atoms with E-state index in [0.29, 0.717) is 12.4 Å². The Labute approximate surface area is 88.3 Å². The SMILES string of the molecule is c1ccc(CCNCc2ncon2)cc1. The van der Waals surface area contributed by atoms with Gasteiger partial charge in [-0.15, -0.1) is 0 Å². The van der Waals surface area contributed by atoms with Gasteiger partial charge in [-0.3, -0.25) is 0 Å². The molecule has 78 valence electrons. The first-order valence-corrected chi connectivity index (χ1v) is 4.95. The minimum Gasteiger partial charge on any atom is -0.343 e. The van der Waals surface area contributed by atoms with Gasteiger partial charge >= 0.3 is 0 Å². The second kappa shape index (κ2) is 5.26. The Morgan fingerprint density at radius 1 is 1.20 bits per heavy atom. The van der Waals surface area contributed by atoms with Crippen LogP contribution in [0.2, 0.25) is 0 Å². The van der Waals surface area contributed by atoms with Gasteiger partial charge in [0.25, 0.3) is 0 Å². The molecule has 0 saturated carbocycles. The molecule has 1 N–H and O–H groups in total. The molecule has 4 heteroatoms. The minimum atomic E-state index is 0.656. The summed E-state index contributed by atoms with van der Waals surface area (Å²) in [6.45, 7) is 1.57. The average molecular weight is 203 g/mol. The fourth-order valence-electron chi connectivity index (χ4n) is 1.35. The van der Waals surface area contributed by atoms with Gasteiger partial charge in [0.15, 0.2) is 5.82 Å². The largest absolute Gasteiger partial charge is 0.343 e. The topological polar surface area (TPSA) is 51.0 Å². The number of nitrogens with one attached hydrogen (secondary N) is 1. The molecule has 0 spiro atoms. The van der Waals surface area contributed by atoms with Crippen LogP contribution in [-0.2, 0) is 13.0 Å². The Morgan fingerprint density at radius 3 is 2.80 bits per heavy atom. The Balaban J connectivity index is 1.68. The van der Waals surface area contributed by atoms with Crippen LogP contribution < -0.4 is 5.32 Å². The van der Waals surface area contributed by atoms with Crippen molar-refractivity contribution < 1.29 is 4.52 Å². The minimum absolute atomic E-state index is 0.656. The molecule has 2 rings (SSSR count). The third kappa shape index (κ3) is 3.18. The van der Waals surface area contributed by atoms with E-state index < -0.39 is 0 Å². The first-order valence-electron chi connectivity index (χ1n) is 4.95. The molecule has 0 atom stereocenters. The van der Waals surface area contributed by atoms with Gasteiger partial charge in [-0.25, -0.2) is 0 Å². The van der Waals surface area contributed by atoms with Crippen LogP contribution in [0.5, 0.6) is 0 Å². The summed E-state index contributed by atoms with van der Waals surface area (Å²) in [6, 6.07) is 10.4. The summed E-state index contributed by atoms with van der Waals surface area (Å²) in [5.41, 5.74) is 1.33. The van der Waals surface area contributed by atoms with Gasteiger partial charge in [0.05, 0.1) is 6.54 Å². The highest BCUT2D eigenvalue weighted by Gasteiger charge is 1.96. The van der Waals surface area contributed by atoms with Crippen molar-refractivity contribution in [3.8, 4) is 0 Å². The third-order valence-electron chi connectivity index (χ3n) is 2.12. The van der Waals surface area contributed by atoms with Crippen LogP contribution in [0.25, 0.3) is 0 Å². The second-order valence-corrected chi connectivity index (χ2v) is 3.26. The first kappa shape index (κ1) is 9.86. The average Bonchev–Trinajstić information content (AvgIpc) is 2.79. The maximum Gasteiger partial charge on any atom is 0.213 e. The summed E-state index contributed by atoms with van der Waals surface area (Å²) < 4.78 is 4.63. The molecule has 1 aromatic heterocycles. The Bertz CT molecular complexity index is 372. The lowest BCUT2D eigenvalue weighted by molar-refractivity contribution is 0.407. The van der Waals surface area contributed by atoms with Crippen LogP contribution >= 0.6 is 0 Å². The Kier molecular flexibility index (Phi) is 3.46. The molecule has 0 aliphatic heterocycles. The molecule has 0 saturated heterocycles. The highest BCUT2D eigenvalue weighted by molar-refractivity contribution is 5.14. The van der Waals surface area contributed by atoms with E-state index in [4.69, 9.17) is 0 Å². The molecule has 0 radical (unpaired) electrons. The van der Waals surface area contributed by atoms with E-state index in [2.05, 4.69) is 44.2 Å². The zero-order valence-electron chi connectivity index (χ0n) is 8.39. The van der Waals surface area contributed by atoms with E-state index in [0.717, 1.165) is 13.0 Å². The number of benzene rings is 1. The standard InChI is InChI=1S/C11H13N3O/c1-2-4-10(5-3-1)6-7-12-8-11-13-9-15-14-11/h1-5,9,12H,6-8H2. The Morgan fingerprint density at radius 2 is 2.07 bits per heavy atom. The number of aromatic nitrogens is 2. The summed E-state index contributed by atoms with van der Waals surface area (Å²) >= 11 is 0. The van der Waals surface area contributed by atoms with Crippen molar-refractivity contribution in [2.45, 2.75) is 13.0 Å². The van der Waals surface area contributed by atoms with E-state index in [-0.39, 0.29) is 0 Å². The molecule has 0 bridgehead atoms. The summed E-state index contributed by atoms with van der Waals surface area (Å²) in [4.78, 5) is 3.92. The zero-order chi connectivity index (χ0) is 10.3. The van der Waals surface area contributed by atoms with Crippen molar-refractivity contribution in [2.75, 3.05) is 6.54 Å². The van der Waals surface area contributed by atoms with E-state index >= 15 is 0 Å². The van der Waals surface area contributed by atoms with Crippen LogP contribution in [0.1, 0.15) is 11.4 Å².